The zero-order valence-corrected chi connectivity index (χ0v) is 20.3. The lowest BCUT2D eigenvalue weighted by atomic mass is 10.1. The van der Waals surface area contributed by atoms with Gasteiger partial charge in [0, 0.05) is 31.9 Å². The lowest BCUT2D eigenvalue weighted by Crippen LogP contribution is -2.50. The van der Waals surface area contributed by atoms with Crippen LogP contribution in [0.1, 0.15) is 32.0 Å². The van der Waals surface area contributed by atoms with Gasteiger partial charge in [-0.05, 0) is 57.5 Å². The van der Waals surface area contributed by atoms with Gasteiger partial charge in [0.1, 0.15) is 18.0 Å². The molecule has 3 aromatic rings. The van der Waals surface area contributed by atoms with E-state index in [0.717, 1.165) is 28.3 Å². The largest absolute Gasteiger partial charge is 0.472 e. The number of hydrogen-bond acceptors (Lipinski definition) is 6. The van der Waals surface area contributed by atoms with E-state index >= 15 is 0 Å². The fourth-order valence-electron chi connectivity index (χ4n) is 3.76. The SMILES string of the molecule is Cc1ccc(-c2cccc(N3CCN(C(=O)OC(C)(C)C)CC3)n2)c(OCc2ccccc2)n1. The molecular weight excluding hydrogens is 428 g/mol. The van der Waals surface area contributed by atoms with E-state index in [4.69, 9.17) is 14.5 Å². The molecular formula is C27H32N4O3. The third kappa shape index (κ3) is 6.04. The maximum Gasteiger partial charge on any atom is 0.410 e. The van der Waals surface area contributed by atoms with Gasteiger partial charge in [0.25, 0.3) is 0 Å². The average molecular weight is 461 g/mol. The molecule has 3 heterocycles. The summed E-state index contributed by atoms with van der Waals surface area (Å²) in [7, 11) is 0. The van der Waals surface area contributed by atoms with E-state index in [2.05, 4.69) is 9.88 Å². The molecule has 0 atom stereocenters. The first-order valence-electron chi connectivity index (χ1n) is 11.6. The third-order valence-electron chi connectivity index (χ3n) is 5.48. The van der Waals surface area contributed by atoms with E-state index < -0.39 is 5.60 Å². The van der Waals surface area contributed by atoms with Gasteiger partial charge in [-0.2, -0.15) is 0 Å². The van der Waals surface area contributed by atoms with Crippen LogP contribution in [0, 0.1) is 6.92 Å². The number of carbonyl (C=O) groups excluding carboxylic acids is 1. The molecule has 4 rings (SSSR count). The number of carbonyl (C=O) groups is 1. The fourth-order valence-corrected chi connectivity index (χ4v) is 3.76. The molecule has 2 aromatic heterocycles. The molecule has 0 saturated carbocycles. The van der Waals surface area contributed by atoms with Crippen molar-refractivity contribution in [1.82, 2.24) is 14.9 Å². The number of aryl methyl sites for hydroxylation is 1. The quantitative estimate of drug-likeness (QED) is 0.528. The predicted octanol–water partition coefficient (Wildman–Crippen LogP) is 5.09. The second-order valence-electron chi connectivity index (χ2n) is 9.42. The molecule has 1 fully saturated rings. The number of pyridine rings is 2. The number of anilines is 1. The summed E-state index contributed by atoms with van der Waals surface area (Å²) in [6, 6.07) is 20.0. The molecule has 0 spiro atoms. The number of aromatic nitrogens is 2. The molecule has 0 aliphatic carbocycles. The minimum atomic E-state index is -0.494. The number of rotatable bonds is 5. The van der Waals surface area contributed by atoms with Crippen LogP contribution in [-0.4, -0.2) is 52.7 Å². The van der Waals surface area contributed by atoms with E-state index in [-0.39, 0.29) is 6.09 Å². The minimum absolute atomic E-state index is 0.264. The number of hydrogen-bond donors (Lipinski definition) is 0. The molecule has 178 valence electrons. The molecule has 7 heteroatoms. The van der Waals surface area contributed by atoms with Gasteiger partial charge in [-0.1, -0.05) is 36.4 Å². The monoisotopic (exact) mass is 460 g/mol. The molecule has 1 aromatic carbocycles. The lowest BCUT2D eigenvalue weighted by Gasteiger charge is -2.36. The Labute approximate surface area is 201 Å². The molecule has 1 aliphatic rings. The van der Waals surface area contributed by atoms with E-state index in [0.29, 0.717) is 38.7 Å². The smallest absolute Gasteiger partial charge is 0.410 e. The molecule has 34 heavy (non-hydrogen) atoms. The summed E-state index contributed by atoms with van der Waals surface area (Å²) in [6.45, 7) is 10.6. The molecule has 0 bridgehead atoms. The second-order valence-corrected chi connectivity index (χ2v) is 9.42. The molecule has 0 unspecified atom stereocenters. The van der Waals surface area contributed by atoms with Crippen LogP contribution in [0.2, 0.25) is 0 Å². The maximum absolute atomic E-state index is 12.4. The van der Waals surface area contributed by atoms with Crippen molar-refractivity contribution < 1.29 is 14.3 Å². The van der Waals surface area contributed by atoms with Crippen molar-refractivity contribution in [2.24, 2.45) is 0 Å². The highest BCUT2D eigenvalue weighted by Crippen LogP contribution is 2.29. The number of benzene rings is 1. The van der Waals surface area contributed by atoms with Crippen LogP contribution in [0.5, 0.6) is 5.88 Å². The van der Waals surface area contributed by atoms with E-state index in [1.165, 1.54) is 0 Å². The molecule has 1 saturated heterocycles. The van der Waals surface area contributed by atoms with Crippen LogP contribution in [0.4, 0.5) is 10.6 Å². The van der Waals surface area contributed by atoms with Crippen molar-refractivity contribution in [1.29, 1.82) is 0 Å². The van der Waals surface area contributed by atoms with Crippen molar-refractivity contribution in [3.63, 3.8) is 0 Å². The van der Waals surface area contributed by atoms with Crippen LogP contribution in [0.25, 0.3) is 11.3 Å². The molecule has 1 aliphatic heterocycles. The second kappa shape index (κ2) is 10.1. The Morgan fingerprint density at radius 2 is 1.65 bits per heavy atom. The summed E-state index contributed by atoms with van der Waals surface area (Å²) < 4.78 is 11.6. The molecule has 0 radical (unpaired) electrons. The summed E-state index contributed by atoms with van der Waals surface area (Å²) in [6.07, 6.45) is -0.264. The van der Waals surface area contributed by atoms with Crippen molar-refractivity contribution in [3.05, 3.63) is 71.9 Å². The highest BCUT2D eigenvalue weighted by atomic mass is 16.6. The summed E-state index contributed by atoms with van der Waals surface area (Å²) >= 11 is 0. The van der Waals surface area contributed by atoms with Gasteiger partial charge in [0.15, 0.2) is 0 Å². The number of nitrogens with zero attached hydrogens (tertiary/aromatic N) is 4. The Bertz CT molecular complexity index is 1120. The Morgan fingerprint density at radius 3 is 2.35 bits per heavy atom. The van der Waals surface area contributed by atoms with Gasteiger partial charge < -0.3 is 19.3 Å². The van der Waals surface area contributed by atoms with Crippen molar-refractivity contribution in [2.75, 3.05) is 31.1 Å². The number of ether oxygens (including phenoxy) is 2. The summed E-state index contributed by atoms with van der Waals surface area (Å²) in [5, 5.41) is 0. The normalized spacial score (nSPS) is 14.1. The Hall–Kier alpha value is -3.61. The molecule has 0 N–H and O–H groups in total. The molecule has 1 amide bonds. The van der Waals surface area contributed by atoms with Gasteiger partial charge in [-0.15, -0.1) is 0 Å². The fraction of sp³-hybridized carbons (Fsp3) is 0.370. The van der Waals surface area contributed by atoms with Crippen LogP contribution < -0.4 is 9.64 Å². The van der Waals surface area contributed by atoms with Crippen LogP contribution in [0.3, 0.4) is 0 Å². The van der Waals surface area contributed by atoms with Crippen LogP contribution >= 0.6 is 0 Å². The first-order valence-corrected chi connectivity index (χ1v) is 11.6. The lowest BCUT2D eigenvalue weighted by molar-refractivity contribution is 0.0240. The minimum Gasteiger partial charge on any atom is -0.472 e. The van der Waals surface area contributed by atoms with Crippen LogP contribution in [-0.2, 0) is 11.3 Å². The average Bonchev–Trinajstić information content (AvgIpc) is 2.82. The molecule has 7 nitrogen and oxygen atoms in total. The summed E-state index contributed by atoms with van der Waals surface area (Å²) in [5.74, 6) is 1.44. The van der Waals surface area contributed by atoms with Crippen molar-refractivity contribution in [3.8, 4) is 17.1 Å². The Kier molecular flexibility index (Phi) is 7.01. The highest BCUT2D eigenvalue weighted by Gasteiger charge is 2.26. The van der Waals surface area contributed by atoms with E-state index in [1.54, 1.807) is 4.90 Å². The van der Waals surface area contributed by atoms with Crippen LogP contribution in [0.15, 0.2) is 60.7 Å². The number of piperazine rings is 1. The zero-order valence-electron chi connectivity index (χ0n) is 20.3. The standard InChI is InChI=1S/C27H32N4O3/c1-20-13-14-22(25(28-20)33-19-21-9-6-5-7-10-21)23-11-8-12-24(29-23)30-15-17-31(18-16-30)26(32)34-27(2,3)4/h5-14H,15-19H2,1-4H3. The first kappa shape index (κ1) is 23.5. The topological polar surface area (TPSA) is 67.8 Å². The van der Waals surface area contributed by atoms with Crippen molar-refractivity contribution in [2.45, 2.75) is 39.9 Å². The number of amides is 1. The zero-order chi connectivity index (χ0) is 24.1. The third-order valence-corrected chi connectivity index (χ3v) is 5.48. The van der Waals surface area contributed by atoms with Crippen molar-refractivity contribution >= 4 is 11.9 Å². The van der Waals surface area contributed by atoms with Gasteiger partial charge in [0.2, 0.25) is 5.88 Å². The van der Waals surface area contributed by atoms with Gasteiger partial charge in [-0.3, -0.25) is 0 Å². The van der Waals surface area contributed by atoms with Gasteiger partial charge in [-0.25, -0.2) is 14.8 Å². The van der Waals surface area contributed by atoms with E-state index in [1.807, 2.05) is 88.4 Å². The summed E-state index contributed by atoms with van der Waals surface area (Å²) in [5.41, 5.74) is 3.15. The highest BCUT2D eigenvalue weighted by molar-refractivity contribution is 5.69. The van der Waals surface area contributed by atoms with Gasteiger partial charge >= 0.3 is 6.09 Å². The maximum atomic E-state index is 12.4. The first-order chi connectivity index (χ1) is 16.3. The summed E-state index contributed by atoms with van der Waals surface area (Å²) in [4.78, 5) is 25.9. The van der Waals surface area contributed by atoms with Gasteiger partial charge in [0.05, 0.1) is 11.3 Å². The van der Waals surface area contributed by atoms with E-state index in [9.17, 15) is 4.79 Å². The Morgan fingerprint density at radius 1 is 0.912 bits per heavy atom. The Balaban J connectivity index is 1.47. The predicted molar refractivity (Wildman–Crippen MR) is 133 cm³/mol.